The number of hydrogen-bond donors (Lipinski definition) is 2. The summed E-state index contributed by atoms with van der Waals surface area (Å²) in [6, 6.07) is 6.09. The van der Waals surface area contributed by atoms with Crippen LogP contribution in [-0.4, -0.2) is 43.6 Å². The maximum Gasteiger partial charge on any atom is 0.251 e. The number of nitrogens with zero attached hydrogens (tertiary/aromatic N) is 1. The summed E-state index contributed by atoms with van der Waals surface area (Å²) in [6.45, 7) is 2.76. The third kappa shape index (κ3) is 3.42. The van der Waals surface area contributed by atoms with Crippen LogP contribution in [0, 0.1) is 0 Å². The number of nitrogens with one attached hydrogen (secondary N) is 1. The predicted octanol–water partition coefficient (Wildman–Crippen LogP) is 1.49. The highest BCUT2D eigenvalue weighted by Crippen LogP contribution is 2.26. The van der Waals surface area contributed by atoms with Crippen molar-refractivity contribution in [2.75, 3.05) is 26.4 Å². The first-order chi connectivity index (χ1) is 9.52. The van der Waals surface area contributed by atoms with Crippen LogP contribution in [0.3, 0.4) is 0 Å². The van der Waals surface area contributed by atoms with Gasteiger partial charge in [0, 0.05) is 24.2 Å². The van der Waals surface area contributed by atoms with E-state index < -0.39 is 0 Å². The van der Waals surface area contributed by atoms with Gasteiger partial charge in [-0.15, -0.1) is 0 Å². The van der Waals surface area contributed by atoms with Crippen LogP contribution in [0.4, 0.5) is 5.69 Å². The maximum absolute atomic E-state index is 12.1. The van der Waals surface area contributed by atoms with E-state index in [1.165, 1.54) is 12.8 Å². The number of methoxy groups -OCH3 is 1. The first-order valence-electron chi connectivity index (χ1n) is 6.96. The molecule has 5 nitrogen and oxygen atoms in total. The van der Waals surface area contributed by atoms with Gasteiger partial charge in [0.2, 0.25) is 0 Å². The van der Waals surface area contributed by atoms with Gasteiger partial charge >= 0.3 is 0 Å². The van der Waals surface area contributed by atoms with Crippen molar-refractivity contribution < 1.29 is 9.53 Å². The van der Waals surface area contributed by atoms with Crippen LogP contribution >= 0.6 is 0 Å². The standard InChI is InChI=1S/C15H23N3O2/c1-10(18(2)12-5-6-12)9-17-15(19)11-4-7-13(16)14(8-11)20-3/h4,7-8,10,12H,5-6,9,16H2,1-3H3,(H,17,19). The molecule has 1 amide bonds. The van der Waals surface area contributed by atoms with E-state index in [2.05, 4.69) is 24.2 Å². The Morgan fingerprint density at radius 1 is 1.55 bits per heavy atom. The van der Waals surface area contributed by atoms with E-state index in [1.54, 1.807) is 25.3 Å². The molecule has 1 aliphatic carbocycles. The van der Waals surface area contributed by atoms with Crippen molar-refractivity contribution in [3.05, 3.63) is 23.8 Å². The van der Waals surface area contributed by atoms with Crippen LogP contribution in [0.5, 0.6) is 5.75 Å². The van der Waals surface area contributed by atoms with E-state index in [0.29, 0.717) is 35.6 Å². The van der Waals surface area contributed by atoms with Crippen LogP contribution in [0.25, 0.3) is 0 Å². The minimum atomic E-state index is -0.0978. The summed E-state index contributed by atoms with van der Waals surface area (Å²) in [5, 5.41) is 2.96. The molecule has 2 rings (SSSR count). The number of ether oxygens (including phenoxy) is 1. The molecule has 0 radical (unpaired) electrons. The summed E-state index contributed by atoms with van der Waals surface area (Å²) >= 11 is 0. The van der Waals surface area contributed by atoms with Gasteiger partial charge in [0.25, 0.3) is 5.91 Å². The van der Waals surface area contributed by atoms with Gasteiger partial charge in [0.05, 0.1) is 12.8 Å². The Balaban J connectivity index is 1.91. The Morgan fingerprint density at radius 2 is 2.25 bits per heavy atom. The molecule has 0 heterocycles. The van der Waals surface area contributed by atoms with E-state index in [9.17, 15) is 4.79 Å². The number of carbonyl (C=O) groups is 1. The third-order valence-corrected chi connectivity index (χ3v) is 3.87. The van der Waals surface area contributed by atoms with Gasteiger partial charge in [-0.1, -0.05) is 0 Å². The maximum atomic E-state index is 12.1. The van der Waals surface area contributed by atoms with Crippen molar-refractivity contribution >= 4 is 11.6 Å². The molecular formula is C15H23N3O2. The number of anilines is 1. The van der Waals surface area contributed by atoms with E-state index in [-0.39, 0.29) is 5.91 Å². The highest BCUT2D eigenvalue weighted by atomic mass is 16.5. The number of nitrogen functional groups attached to an aromatic ring is 1. The first kappa shape index (κ1) is 14.7. The molecule has 1 unspecified atom stereocenters. The zero-order chi connectivity index (χ0) is 14.7. The molecule has 20 heavy (non-hydrogen) atoms. The van der Waals surface area contributed by atoms with Gasteiger partial charge in [0.15, 0.2) is 0 Å². The van der Waals surface area contributed by atoms with Crippen molar-refractivity contribution in [2.45, 2.75) is 31.8 Å². The van der Waals surface area contributed by atoms with Crippen LogP contribution in [0.15, 0.2) is 18.2 Å². The summed E-state index contributed by atoms with van der Waals surface area (Å²) in [5.41, 5.74) is 6.84. The normalized spacial score (nSPS) is 16.0. The van der Waals surface area contributed by atoms with Gasteiger partial charge in [-0.2, -0.15) is 0 Å². The van der Waals surface area contributed by atoms with Gasteiger partial charge in [-0.25, -0.2) is 0 Å². The molecule has 0 aliphatic heterocycles. The quantitative estimate of drug-likeness (QED) is 0.773. The zero-order valence-corrected chi connectivity index (χ0v) is 12.3. The number of hydrogen-bond acceptors (Lipinski definition) is 4. The van der Waals surface area contributed by atoms with E-state index in [1.807, 2.05) is 0 Å². The molecule has 0 aromatic heterocycles. The van der Waals surface area contributed by atoms with Crippen molar-refractivity contribution in [1.29, 1.82) is 0 Å². The second kappa shape index (κ2) is 6.13. The second-order valence-corrected chi connectivity index (χ2v) is 5.41. The molecular weight excluding hydrogens is 254 g/mol. The largest absolute Gasteiger partial charge is 0.495 e. The van der Waals surface area contributed by atoms with E-state index in [4.69, 9.17) is 10.5 Å². The lowest BCUT2D eigenvalue weighted by Gasteiger charge is -2.24. The number of rotatable bonds is 6. The third-order valence-electron chi connectivity index (χ3n) is 3.87. The van der Waals surface area contributed by atoms with E-state index in [0.717, 1.165) is 0 Å². The Bertz CT molecular complexity index is 486. The Hall–Kier alpha value is -1.75. The molecule has 1 aliphatic rings. The number of carbonyl (C=O) groups excluding carboxylic acids is 1. The molecule has 0 bridgehead atoms. The number of benzene rings is 1. The molecule has 110 valence electrons. The smallest absolute Gasteiger partial charge is 0.251 e. The SMILES string of the molecule is COc1cc(C(=O)NCC(C)N(C)C2CC2)ccc1N. The van der Waals surface area contributed by atoms with Gasteiger partial charge in [0.1, 0.15) is 5.75 Å². The Labute approximate surface area is 120 Å². The van der Waals surface area contributed by atoms with Gasteiger partial charge in [-0.3, -0.25) is 9.69 Å². The first-order valence-corrected chi connectivity index (χ1v) is 6.96. The summed E-state index contributed by atoms with van der Waals surface area (Å²) in [7, 11) is 3.65. The molecule has 3 N–H and O–H groups in total. The van der Waals surface area contributed by atoms with Crippen molar-refractivity contribution in [3.63, 3.8) is 0 Å². The average molecular weight is 277 g/mol. The molecule has 1 aromatic carbocycles. The minimum Gasteiger partial charge on any atom is -0.495 e. The Kier molecular flexibility index (Phi) is 4.49. The minimum absolute atomic E-state index is 0.0978. The molecule has 1 saturated carbocycles. The van der Waals surface area contributed by atoms with Crippen molar-refractivity contribution in [1.82, 2.24) is 10.2 Å². The van der Waals surface area contributed by atoms with Crippen molar-refractivity contribution in [2.24, 2.45) is 0 Å². The number of amides is 1. The number of likely N-dealkylation sites (N-methyl/N-ethyl adjacent to an activating group) is 1. The van der Waals surface area contributed by atoms with Crippen LogP contribution in [0.2, 0.25) is 0 Å². The molecule has 5 heteroatoms. The van der Waals surface area contributed by atoms with Crippen LogP contribution in [0.1, 0.15) is 30.1 Å². The average Bonchev–Trinajstić information content (AvgIpc) is 3.28. The van der Waals surface area contributed by atoms with E-state index >= 15 is 0 Å². The predicted molar refractivity (Wildman–Crippen MR) is 80.0 cm³/mol. The fourth-order valence-electron chi connectivity index (χ4n) is 2.18. The summed E-state index contributed by atoms with van der Waals surface area (Å²) in [5.74, 6) is 0.431. The summed E-state index contributed by atoms with van der Waals surface area (Å²) < 4.78 is 5.13. The van der Waals surface area contributed by atoms with Crippen LogP contribution in [-0.2, 0) is 0 Å². The van der Waals surface area contributed by atoms with Gasteiger partial charge < -0.3 is 15.8 Å². The molecule has 1 atom stereocenters. The summed E-state index contributed by atoms with van der Waals surface area (Å²) in [4.78, 5) is 14.4. The molecule has 1 aromatic rings. The lowest BCUT2D eigenvalue weighted by molar-refractivity contribution is 0.0939. The highest BCUT2D eigenvalue weighted by molar-refractivity contribution is 5.95. The molecule has 0 spiro atoms. The summed E-state index contributed by atoms with van der Waals surface area (Å²) in [6.07, 6.45) is 2.54. The second-order valence-electron chi connectivity index (χ2n) is 5.41. The Morgan fingerprint density at radius 3 is 2.85 bits per heavy atom. The lowest BCUT2D eigenvalue weighted by atomic mass is 10.1. The highest BCUT2D eigenvalue weighted by Gasteiger charge is 2.29. The number of nitrogens with two attached hydrogens (primary N) is 1. The lowest BCUT2D eigenvalue weighted by Crippen LogP contribution is -2.41. The molecule has 0 saturated heterocycles. The molecule has 1 fully saturated rings. The van der Waals surface area contributed by atoms with Gasteiger partial charge in [-0.05, 0) is 45.0 Å². The van der Waals surface area contributed by atoms with Crippen LogP contribution < -0.4 is 15.8 Å². The monoisotopic (exact) mass is 277 g/mol. The fourth-order valence-corrected chi connectivity index (χ4v) is 2.18. The fraction of sp³-hybridized carbons (Fsp3) is 0.533. The topological polar surface area (TPSA) is 67.6 Å². The zero-order valence-electron chi connectivity index (χ0n) is 12.3. The van der Waals surface area contributed by atoms with Crippen molar-refractivity contribution in [3.8, 4) is 5.75 Å².